The second-order valence-corrected chi connectivity index (χ2v) is 6.55. The Bertz CT molecular complexity index is 809. The fourth-order valence-electron chi connectivity index (χ4n) is 3.41. The zero-order valence-electron chi connectivity index (χ0n) is 14.1. The van der Waals surface area contributed by atoms with Gasteiger partial charge in [-0.2, -0.15) is 10.5 Å². The minimum Gasteiger partial charge on any atom is -0.367 e. The number of hydrogen-bond donors (Lipinski definition) is 0. The molecule has 0 N–H and O–H groups in total. The number of rotatable bonds is 3. The predicted octanol–water partition coefficient (Wildman–Crippen LogP) is 3.97. The van der Waals surface area contributed by atoms with Crippen LogP contribution < -0.4 is 4.90 Å². The van der Waals surface area contributed by atoms with Crippen molar-refractivity contribution in [2.24, 2.45) is 0 Å². The fourth-order valence-corrected chi connectivity index (χ4v) is 3.70. The molecule has 1 aliphatic rings. The average Bonchev–Trinajstić information content (AvgIpc) is 2.67. The van der Waals surface area contributed by atoms with Crippen LogP contribution in [0.4, 0.5) is 5.69 Å². The summed E-state index contributed by atoms with van der Waals surface area (Å²) in [5, 5.41) is 19.5. The van der Waals surface area contributed by atoms with E-state index in [1.165, 1.54) is 0 Å². The molecule has 5 heteroatoms. The molecule has 0 spiro atoms. The third-order valence-corrected chi connectivity index (χ3v) is 5.15. The Morgan fingerprint density at radius 3 is 2.08 bits per heavy atom. The van der Waals surface area contributed by atoms with Crippen molar-refractivity contribution >= 4 is 17.3 Å². The standard InChI is InChI=1S/C20H19ClN4/c1-15(18-7-2-3-8-19(18)21)24-9-11-25(12-10-24)20-16(13-22)5-4-6-17(20)14-23/h2-8,15H,9-12H2,1H3. The molecule has 3 rings (SSSR count). The van der Waals surface area contributed by atoms with Gasteiger partial charge in [0.1, 0.15) is 12.1 Å². The molecular weight excluding hydrogens is 332 g/mol. The zero-order valence-corrected chi connectivity index (χ0v) is 14.9. The summed E-state index contributed by atoms with van der Waals surface area (Å²) in [5.41, 5.74) is 3.02. The molecule has 2 aromatic rings. The molecule has 0 bridgehead atoms. The quantitative estimate of drug-likeness (QED) is 0.840. The third-order valence-electron chi connectivity index (χ3n) is 4.81. The van der Waals surface area contributed by atoms with E-state index < -0.39 is 0 Å². The molecule has 126 valence electrons. The van der Waals surface area contributed by atoms with Gasteiger partial charge in [-0.1, -0.05) is 35.9 Å². The summed E-state index contributed by atoms with van der Waals surface area (Å²) >= 11 is 6.33. The molecular formula is C20H19ClN4. The van der Waals surface area contributed by atoms with Crippen molar-refractivity contribution in [3.8, 4) is 12.1 Å². The highest BCUT2D eigenvalue weighted by Crippen LogP contribution is 2.30. The molecule has 0 aromatic heterocycles. The lowest BCUT2D eigenvalue weighted by Crippen LogP contribution is -2.47. The molecule has 1 saturated heterocycles. The number of hydrogen-bond acceptors (Lipinski definition) is 4. The van der Waals surface area contributed by atoms with Gasteiger partial charge in [0, 0.05) is 37.2 Å². The maximum absolute atomic E-state index is 9.38. The van der Waals surface area contributed by atoms with E-state index in [0.29, 0.717) is 11.1 Å². The van der Waals surface area contributed by atoms with Gasteiger partial charge in [-0.05, 0) is 30.7 Å². The van der Waals surface area contributed by atoms with Crippen LogP contribution in [0.1, 0.15) is 29.7 Å². The van der Waals surface area contributed by atoms with E-state index in [4.69, 9.17) is 11.6 Å². The van der Waals surface area contributed by atoms with E-state index >= 15 is 0 Å². The lowest BCUT2D eigenvalue weighted by Gasteiger charge is -2.40. The molecule has 1 unspecified atom stereocenters. The molecule has 2 aromatic carbocycles. The van der Waals surface area contributed by atoms with E-state index in [0.717, 1.165) is 42.5 Å². The van der Waals surface area contributed by atoms with E-state index in [2.05, 4.69) is 34.9 Å². The topological polar surface area (TPSA) is 54.1 Å². The number of benzene rings is 2. The van der Waals surface area contributed by atoms with Crippen molar-refractivity contribution < 1.29 is 0 Å². The van der Waals surface area contributed by atoms with Crippen molar-refractivity contribution in [1.82, 2.24) is 4.90 Å². The van der Waals surface area contributed by atoms with Crippen LogP contribution in [-0.2, 0) is 0 Å². The first-order chi connectivity index (χ1) is 12.2. The van der Waals surface area contributed by atoms with Gasteiger partial charge in [-0.3, -0.25) is 4.90 Å². The Hall–Kier alpha value is -2.53. The largest absolute Gasteiger partial charge is 0.367 e. The molecule has 1 aliphatic heterocycles. The van der Waals surface area contributed by atoms with E-state index in [1.807, 2.05) is 18.2 Å². The number of para-hydroxylation sites is 1. The first-order valence-electron chi connectivity index (χ1n) is 8.32. The van der Waals surface area contributed by atoms with Crippen molar-refractivity contribution in [3.63, 3.8) is 0 Å². The van der Waals surface area contributed by atoms with Crippen LogP contribution in [0, 0.1) is 22.7 Å². The monoisotopic (exact) mass is 350 g/mol. The van der Waals surface area contributed by atoms with Gasteiger partial charge in [0.15, 0.2) is 0 Å². The van der Waals surface area contributed by atoms with E-state index in [9.17, 15) is 10.5 Å². The lowest BCUT2D eigenvalue weighted by atomic mass is 10.0. The second-order valence-electron chi connectivity index (χ2n) is 6.15. The second kappa shape index (κ2) is 7.57. The highest BCUT2D eigenvalue weighted by Gasteiger charge is 2.25. The van der Waals surface area contributed by atoms with Gasteiger partial charge >= 0.3 is 0 Å². The first-order valence-corrected chi connectivity index (χ1v) is 8.70. The summed E-state index contributed by atoms with van der Waals surface area (Å²) in [5.74, 6) is 0. The zero-order chi connectivity index (χ0) is 17.8. The Labute approximate surface area is 153 Å². The molecule has 25 heavy (non-hydrogen) atoms. The number of piperazine rings is 1. The lowest BCUT2D eigenvalue weighted by molar-refractivity contribution is 0.198. The Balaban J connectivity index is 1.76. The number of anilines is 1. The smallest absolute Gasteiger partial charge is 0.101 e. The summed E-state index contributed by atoms with van der Waals surface area (Å²) in [4.78, 5) is 4.53. The van der Waals surface area contributed by atoms with Crippen LogP contribution in [-0.4, -0.2) is 31.1 Å². The van der Waals surface area contributed by atoms with Gasteiger partial charge in [0.25, 0.3) is 0 Å². The van der Waals surface area contributed by atoms with Crippen molar-refractivity contribution in [1.29, 1.82) is 10.5 Å². The third kappa shape index (κ3) is 3.46. The van der Waals surface area contributed by atoms with E-state index in [1.54, 1.807) is 18.2 Å². The summed E-state index contributed by atoms with van der Waals surface area (Å²) in [7, 11) is 0. The summed E-state index contributed by atoms with van der Waals surface area (Å²) in [6.07, 6.45) is 0. The van der Waals surface area contributed by atoms with Gasteiger partial charge < -0.3 is 4.90 Å². The van der Waals surface area contributed by atoms with Gasteiger partial charge in [0.05, 0.1) is 16.8 Å². The minimum absolute atomic E-state index is 0.234. The Morgan fingerprint density at radius 1 is 0.920 bits per heavy atom. The number of halogens is 1. The SMILES string of the molecule is CC(c1ccccc1Cl)N1CCN(c2c(C#N)cccc2C#N)CC1. The van der Waals surface area contributed by atoms with Crippen LogP contribution in [0.25, 0.3) is 0 Å². The van der Waals surface area contributed by atoms with Crippen LogP contribution in [0.2, 0.25) is 5.02 Å². The molecule has 0 radical (unpaired) electrons. The van der Waals surface area contributed by atoms with Crippen molar-refractivity contribution in [2.45, 2.75) is 13.0 Å². The summed E-state index contributed by atoms with van der Waals surface area (Å²) in [6, 6.07) is 17.9. The molecule has 1 atom stereocenters. The highest BCUT2D eigenvalue weighted by molar-refractivity contribution is 6.31. The van der Waals surface area contributed by atoms with Crippen molar-refractivity contribution in [3.05, 3.63) is 64.2 Å². The van der Waals surface area contributed by atoms with Crippen molar-refractivity contribution in [2.75, 3.05) is 31.1 Å². The molecule has 1 heterocycles. The predicted molar refractivity (Wildman–Crippen MR) is 99.5 cm³/mol. The normalized spacial score (nSPS) is 16.1. The molecule has 1 fully saturated rings. The number of nitrogens with zero attached hydrogens (tertiary/aromatic N) is 4. The maximum atomic E-state index is 9.38. The van der Waals surface area contributed by atoms with Crippen LogP contribution in [0.5, 0.6) is 0 Å². The van der Waals surface area contributed by atoms with E-state index in [-0.39, 0.29) is 6.04 Å². The summed E-state index contributed by atoms with van der Waals surface area (Å²) in [6.45, 7) is 5.44. The molecule has 0 saturated carbocycles. The number of nitriles is 2. The molecule has 4 nitrogen and oxygen atoms in total. The van der Waals surface area contributed by atoms with Crippen LogP contribution in [0.3, 0.4) is 0 Å². The average molecular weight is 351 g/mol. The molecule has 0 aliphatic carbocycles. The maximum Gasteiger partial charge on any atom is 0.101 e. The fraction of sp³-hybridized carbons (Fsp3) is 0.300. The summed E-state index contributed by atoms with van der Waals surface area (Å²) < 4.78 is 0. The van der Waals surface area contributed by atoms with Gasteiger partial charge in [0.2, 0.25) is 0 Å². The van der Waals surface area contributed by atoms with Crippen LogP contribution >= 0.6 is 11.6 Å². The van der Waals surface area contributed by atoms with Gasteiger partial charge in [-0.15, -0.1) is 0 Å². The minimum atomic E-state index is 0.234. The Kier molecular flexibility index (Phi) is 5.24. The van der Waals surface area contributed by atoms with Crippen LogP contribution in [0.15, 0.2) is 42.5 Å². The molecule has 0 amide bonds. The highest BCUT2D eigenvalue weighted by atomic mass is 35.5. The Morgan fingerprint density at radius 2 is 1.52 bits per heavy atom. The van der Waals surface area contributed by atoms with Gasteiger partial charge in [-0.25, -0.2) is 0 Å². The first kappa shape index (κ1) is 17.3.